The Labute approximate surface area is 94.1 Å². The smallest absolute Gasteiger partial charge is 0.0813 e. The average Bonchev–Trinajstić information content (AvgIpc) is 2.16. The van der Waals surface area contributed by atoms with E-state index >= 15 is 0 Å². The minimum Gasteiger partial charge on any atom is -0.303 e. The molecule has 0 aliphatic carbocycles. The quantitative estimate of drug-likeness (QED) is 0.726. The molecule has 1 rings (SSSR count). The lowest BCUT2D eigenvalue weighted by Gasteiger charge is -2.33. The maximum atomic E-state index is 5.60. The molecule has 90 valence electrons. The van der Waals surface area contributed by atoms with Crippen LogP contribution >= 0.6 is 0 Å². The van der Waals surface area contributed by atoms with Crippen molar-refractivity contribution in [3.8, 4) is 0 Å². The van der Waals surface area contributed by atoms with Crippen LogP contribution in [0.15, 0.2) is 0 Å². The first-order valence-corrected chi connectivity index (χ1v) is 6.17. The lowest BCUT2D eigenvalue weighted by molar-refractivity contribution is -0.0952. The first-order chi connectivity index (χ1) is 7.01. The maximum Gasteiger partial charge on any atom is 0.0813 e. The third-order valence-electron chi connectivity index (χ3n) is 2.66. The second-order valence-corrected chi connectivity index (χ2v) is 5.45. The van der Waals surface area contributed by atoms with Crippen LogP contribution in [-0.2, 0) is 4.84 Å². The zero-order valence-corrected chi connectivity index (χ0v) is 10.7. The second kappa shape index (κ2) is 5.83. The largest absolute Gasteiger partial charge is 0.303 e. The van der Waals surface area contributed by atoms with Crippen LogP contribution in [0.3, 0.4) is 0 Å². The van der Waals surface area contributed by atoms with Crippen molar-refractivity contribution < 1.29 is 4.84 Å². The van der Waals surface area contributed by atoms with Gasteiger partial charge >= 0.3 is 0 Å². The van der Waals surface area contributed by atoms with E-state index in [0.29, 0.717) is 6.04 Å². The molecule has 0 bridgehead atoms. The lowest BCUT2D eigenvalue weighted by atomic mass is 10.1. The zero-order valence-electron chi connectivity index (χ0n) is 10.7. The van der Waals surface area contributed by atoms with Gasteiger partial charge in [0.05, 0.1) is 5.60 Å². The first kappa shape index (κ1) is 12.9. The molecule has 0 saturated carbocycles. The van der Waals surface area contributed by atoms with Gasteiger partial charge in [-0.3, -0.25) is 4.84 Å². The summed E-state index contributed by atoms with van der Waals surface area (Å²) >= 11 is 0. The molecule has 0 spiro atoms. The van der Waals surface area contributed by atoms with E-state index in [-0.39, 0.29) is 5.60 Å². The molecule has 0 amide bonds. The predicted octanol–water partition coefficient (Wildman–Crippen LogP) is 2.18. The molecular formula is C12H26N2O. The van der Waals surface area contributed by atoms with Crippen LogP contribution in [0.4, 0.5) is 0 Å². The zero-order chi connectivity index (χ0) is 11.3. The van der Waals surface area contributed by atoms with E-state index in [0.717, 1.165) is 0 Å². The fraction of sp³-hybridized carbons (Fsp3) is 1.00. The molecule has 0 aromatic carbocycles. The topological polar surface area (TPSA) is 24.5 Å². The van der Waals surface area contributed by atoms with E-state index in [9.17, 15) is 0 Å². The first-order valence-electron chi connectivity index (χ1n) is 6.17. The number of piperidine rings is 1. The molecule has 0 radical (unpaired) electrons. The molecular weight excluding hydrogens is 188 g/mol. The highest BCUT2D eigenvalue weighted by molar-refractivity contribution is 4.75. The van der Waals surface area contributed by atoms with Gasteiger partial charge in [0, 0.05) is 6.04 Å². The number of hydroxylamine groups is 1. The van der Waals surface area contributed by atoms with Gasteiger partial charge in [0.25, 0.3) is 0 Å². The standard InChI is InChI=1S/C12H26N2O/c1-5-8-14-9-6-11(7-10-14)13-15-12(2,3)4/h11,13H,5-10H2,1-4H3. The molecule has 1 heterocycles. The van der Waals surface area contributed by atoms with E-state index in [1.807, 2.05) is 0 Å². The van der Waals surface area contributed by atoms with E-state index in [1.54, 1.807) is 0 Å². The SMILES string of the molecule is CCCN1CCC(NOC(C)(C)C)CC1. The normalized spacial score (nSPS) is 20.8. The number of hydrogen-bond acceptors (Lipinski definition) is 3. The molecule has 0 unspecified atom stereocenters. The minimum atomic E-state index is -0.0828. The van der Waals surface area contributed by atoms with Gasteiger partial charge in [-0.15, -0.1) is 0 Å². The van der Waals surface area contributed by atoms with Crippen molar-refractivity contribution in [2.75, 3.05) is 19.6 Å². The molecule has 3 nitrogen and oxygen atoms in total. The highest BCUT2D eigenvalue weighted by Crippen LogP contribution is 2.12. The van der Waals surface area contributed by atoms with Gasteiger partial charge in [0.2, 0.25) is 0 Å². The van der Waals surface area contributed by atoms with Crippen LogP contribution in [0.2, 0.25) is 0 Å². The summed E-state index contributed by atoms with van der Waals surface area (Å²) in [5.41, 5.74) is 3.11. The van der Waals surface area contributed by atoms with Gasteiger partial charge in [0.1, 0.15) is 0 Å². The number of hydrogen-bond donors (Lipinski definition) is 1. The Morgan fingerprint density at radius 3 is 2.33 bits per heavy atom. The molecule has 15 heavy (non-hydrogen) atoms. The Morgan fingerprint density at radius 2 is 1.87 bits per heavy atom. The number of nitrogens with zero attached hydrogens (tertiary/aromatic N) is 1. The van der Waals surface area contributed by atoms with Crippen molar-refractivity contribution >= 4 is 0 Å². The van der Waals surface area contributed by atoms with Crippen molar-refractivity contribution in [2.24, 2.45) is 0 Å². The summed E-state index contributed by atoms with van der Waals surface area (Å²) in [7, 11) is 0. The monoisotopic (exact) mass is 214 g/mol. The summed E-state index contributed by atoms with van der Waals surface area (Å²) in [4.78, 5) is 8.13. The molecule has 1 N–H and O–H groups in total. The number of nitrogens with one attached hydrogen (secondary N) is 1. The summed E-state index contributed by atoms with van der Waals surface area (Å²) in [6.07, 6.45) is 3.67. The number of rotatable bonds is 4. The highest BCUT2D eigenvalue weighted by Gasteiger charge is 2.20. The van der Waals surface area contributed by atoms with Gasteiger partial charge in [-0.1, -0.05) is 6.92 Å². The van der Waals surface area contributed by atoms with Crippen molar-refractivity contribution in [3.63, 3.8) is 0 Å². The third-order valence-corrected chi connectivity index (χ3v) is 2.66. The van der Waals surface area contributed by atoms with Gasteiger partial charge in [-0.05, 0) is 59.7 Å². The Hall–Kier alpha value is -0.120. The molecule has 0 aromatic heterocycles. The molecule has 1 aliphatic heterocycles. The minimum absolute atomic E-state index is 0.0828. The second-order valence-electron chi connectivity index (χ2n) is 5.45. The van der Waals surface area contributed by atoms with E-state index in [2.05, 4.69) is 38.1 Å². The van der Waals surface area contributed by atoms with Crippen molar-refractivity contribution in [1.82, 2.24) is 10.4 Å². The van der Waals surface area contributed by atoms with Crippen molar-refractivity contribution in [2.45, 2.75) is 58.6 Å². The van der Waals surface area contributed by atoms with E-state index < -0.39 is 0 Å². The number of likely N-dealkylation sites (tertiary alicyclic amines) is 1. The van der Waals surface area contributed by atoms with Gasteiger partial charge < -0.3 is 4.90 Å². The predicted molar refractivity (Wildman–Crippen MR) is 63.7 cm³/mol. The fourth-order valence-corrected chi connectivity index (χ4v) is 1.85. The Balaban J connectivity index is 2.15. The van der Waals surface area contributed by atoms with Crippen LogP contribution in [0, 0.1) is 0 Å². The van der Waals surface area contributed by atoms with Crippen LogP contribution in [0.5, 0.6) is 0 Å². The lowest BCUT2D eigenvalue weighted by Crippen LogP contribution is -2.44. The third kappa shape index (κ3) is 5.50. The molecule has 1 saturated heterocycles. The summed E-state index contributed by atoms with van der Waals surface area (Å²) < 4.78 is 0. The van der Waals surface area contributed by atoms with Crippen LogP contribution in [-0.4, -0.2) is 36.2 Å². The Bertz CT molecular complexity index is 169. The van der Waals surface area contributed by atoms with Crippen molar-refractivity contribution in [1.29, 1.82) is 0 Å². The van der Waals surface area contributed by atoms with Crippen molar-refractivity contribution in [3.05, 3.63) is 0 Å². The average molecular weight is 214 g/mol. The van der Waals surface area contributed by atoms with Gasteiger partial charge in [-0.25, -0.2) is 0 Å². The maximum absolute atomic E-state index is 5.60. The van der Waals surface area contributed by atoms with Gasteiger partial charge in [-0.2, -0.15) is 5.48 Å². The van der Waals surface area contributed by atoms with E-state index in [4.69, 9.17) is 4.84 Å². The molecule has 0 atom stereocenters. The highest BCUT2D eigenvalue weighted by atomic mass is 16.7. The van der Waals surface area contributed by atoms with Crippen LogP contribution < -0.4 is 5.48 Å². The molecule has 3 heteroatoms. The van der Waals surface area contributed by atoms with Crippen LogP contribution in [0.1, 0.15) is 47.0 Å². The summed E-state index contributed by atoms with van der Waals surface area (Å²) in [5.74, 6) is 0. The Morgan fingerprint density at radius 1 is 1.27 bits per heavy atom. The molecule has 1 fully saturated rings. The summed E-state index contributed by atoms with van der Waals surface area (Å²) in [6, 6.07) is 0.539. The fourth-order valence-electron chi connectivity index (χ4n) is 1.85. The Kier molecular flexibility index (Phi) is 5.03. The van der Waals surface area contributed by atoms with E-state index in [1.165, 1.54) is 38.9 Å². The summed E-state index contributed by atoms with van der Waals surface area (Å²) in [5, 5.41) is 0. The summed E-state index contributed by atoms with van der Waals surface area (Å²) in [6.45, 7) is 12.1. The van der Waals surface area contributed by atoms with Gasteiger partial charge in [0.15, 0.2) is 0 Å². The van der Waals surface area contributed by atoms with Crippen LogP contribution in [0.25, 0.3) is 0 Å². The molecule has 1 aliphatic rings. The molecule has 0 aromatic rings.